The zero-order valence-electron chi connectivity index (χ0n) is 30.5. The van der Waals surface area contributed by atoms with Crippen LogP contribution >= 0.6 is 0 Å². The van der Waals surface area contributed by atoms with Gasteiger partial charge in [-0.25, -0.2) is 0 Å². The van der Waals surface area contributed by atoms with E-state index in [0.717, 1.165) is 34.1 Å². The standard InChI is InChI=1S/C52H40N2/c1-37-21-29-43(30-22-37)53(41-13-5-3-6-14-41)45-33-25-39(26-34-45)51-47-17-9-11-19-49(47)52(50-20-12-10-18-48(50)51)40-27-35-46(36-28-40)54(42-15-7-4-8-16-42)44-31-23-38(2)24-32-44/h3-36H,1-2H3. The van der Waals surface area contributed by atoms with Gasteiger partial charge in [0, 0.05) is 34.1 Å². The Bertz CT molecular complexity index is 2430. The predicted molar refractivity (Wildman–Crippen MR) is 231 cm³/mol. The normalized spacial score (nSPS) is 11.1. The van der Waals surface area contributed by atoms with Gasteiger partial charge in [0.15, 0.2) is 0 Å². The minimum Gasteiger partial charge on any atom is -0.311 e. The van der Waals surface area contributed by atoms with Crippen LogP contribution in [0.2, 0.25) is 0 Å². The van der Waals surface area contributed by atoms with Crippen molar-refractivity contribution in [1.29, 1.82) is 0 Å². The fraction of sp³-hybridized carbons (Fsp3) is 0.0385. The summed E-state index contributed by atoms with van der Waals surface area (Å²) in [6, 6.07) is 74.6. The van der Waals surface area contributed by atoms with Gasteiger partial charge in [-0.3, -0.25) is 0 Å². The van der Waals surface area contributed by atoms with Crippen LogP contribution in [-0.4, -0.2) is 0 Å². The molecule has 0 radical (unpaired) electrons. The molecule has 0 bridgehead atoms. The molecule has 9 rings (SSSR count). The molecule has 54 heavy (non-hydrogen) atoms. The van der Waals surface area contributed by atoms with Gasteiger partial charge in [-0.2, -0.15) is 0 Å². The van der Waals surface area contributed by atoms with E-state index in [9.17, 15) is 0 Å². The van der Waals surface area contributed by atoms with Crippen molar-refractivity contribution >= 4 is 55.7 Å². The molecule has 258 valence electrons. The molecule has 0 saturated carbocycles. The molecule has 0 fully saturated rings. The smallest absolute Gasteiger partial charge is 0.0462 e. The Hall–Kier alpha value is -6.90. The molecule has 0 saturated heterocycles. The van der Waals surface area contributed by atoms with E-state index in [0.29, 0.717) is 0 Å². The first kappa shape index (κ1) is 33.0. The van der Waals surface area contributed by atoms with Gasteiger partial charge in [0.05, 0.1) is 0 Å². The Morgan fingerprint density at radius 1 is 0.241 bits per heavy atom. The van der Waals surface area contributed by atoms with Crippen LogP contribution in [0.25, 0.3) is 43.8 Å². The summed E-state index contributed by atoms with van der Waals surface area (Å²) in [5, 5.41) is 4.97. The number of fused-ring (bicyclic) bond motifs is 2. The second-order valence-corrected chi connectivity index (χ2v) is 13.9. The van der Waals surface area contributed by atoms with Crippen LogP contribution in [0.4, 0.5) is 34.1 Å². The third-order valence-corrected chi connectivity index (χ3v) is 10.4. The fourth-order valence-corrected chi connectivity index (χ4v) is 7.74. The van der Waals surface area contributed by atoms with Gasteiger partial charge in [0.25, 0.3) is 0 Å². The predicted octanol–water partition coefficient (Wildman–Crippen LogP) is 14.9. The first-order chi connectivity index (χ1) is 26.6. The van der Waals surface area contributed by atoms with E-state index in [-0.39, 0.29) is 0 Å². The second-order valence-electron chi connectivity index (χ2n) is 13.9. The molecule has 0 amide bonds. The van der Waals surface area contributed by atoms with Crippen LogP contribution < -0.4 is 9.80 Å². The summed E-state index contributed by atoms with van der Waals surface area (Å²) in [6.45, 7) is 4.26. The van der Waals surface area contributed by atoms with Gasteiger partial charge in [-0.1, -0.05) is 145 Å². The molecule has 0 heterocycles. The number of aryl methyl sites for hydroxylation is 2. The zero-order valence-corrected chi connectivity index (χ0v) is 30.5. The highest BCUT2D eigenvalue weighted by Crippen LogP contribution is 2.45. The van der Waals surface area contributed by atoms with Crippen molar-refractivity contribution in [2.24, 2.45) is 0 Å². The molecule has 2 nitrogen and oxygen atoms in total. The Labute approximate surface area is 317 Å². The molecule has 0 aliphatic heterocycles. The average molecular weight is 693 g/mol. The zero-order chi connectivity index (χ0) is 36.4. The van der Waals surface area contributed by atoms with Crippen molar-refractivity contribution in [2.75, 3.05) is 9.80 Å². The van der Waals surface area contributed by atoms with Crippen LogP contribution in [-0.2, 0) is 0 Å². The van der Waals surface area contributed by atoms with E-state index in [1.165, 1.54) is 54.9 Å². The van der Waals surface area contributed by atoms with Crippen molar-refractivity contribution in [3.05, 3.63) is 217 Å². The molecule has 0 aliphatic rings. The maximum Gasteiger partial charge on any atom is 0.0462 e. The molecule has 0 atom stereocenters. The highest BCUT2D eigenvalue weighted by atomic mass is 15.1. The summed E-state index contributed by atoms with van der Waals surface area (Å²) in [4.78, 5) is 4.65. The van der Waals surface area contributed by atoms with Crippen molar-refractivity contribution in [2.45, 2.75) is 13.8 Å². The lowest BCUT2D eigenvalue weighted by Gasteiger charge is -2.26. The summed E-state index contributed by atoms with van der Waals surface area (Å²) in [5.74, 6) is 0. The lowest BCUT2D eigenvalue weighted by atomic mass is 9.86. The van der Waals surface area contributed by atoms with E-state index in [4.69, 9.17) is 0 Å². The molecule has 0 aromatic heterocycles. The van der Waals surface area contributed by atoms with Crippen molar-refractivity contribution in [3.63, 3.8) is 0 Å². The maximum absolute atomic E-state index is 2.32. The molecular formula is C52H40N2. The van der Waals surface area contributed by atoms with Gasteiger partial charge >= 0.3 is 0 Å². The Kier molecular flexibility index (Phi) is 8.70. The minimum absolute atomic E-state index is 1.12. The van der Waals surface area contributed by atoms with Crippen molar-refractivity contribution in [1.82, 2.24) is 0 Å². The van der Waals surface area contributed by atoms with Crippen LogP contribution in [0, 0.1) is 13.8 Å². The highest BCUT2D eigenvalue weighted by Gasteiger charge is 2.19. The minimum atomic E-state index is 1.12. The fourth-order valence-electron chi connectivity index (χ4n) is 7.74. The van der Waals surface area contributed by atoms with E-state index >= 15 is 0 Å². The Balaban J connectivity index is 1.15. The first-order valence-electron chi connectivity index (χ1n) is 18.6. The van der Waals surface area contributed by atoms with Gasteiger partial charge in [-0.15, -0.1) is 0 Å². The molecule has 0 unspecified atom stereocenters. The molecule has 0 spiro atoms. The maximum atomic E-state index is 2.32. The second kappa shape index (κ2) is 14.3. The van der Waals surface area contributed by atoms with Crippen LogP contribution in [0.15, 0.2) is 206 Å². The third kappa shape index (κ3) is 6.18. The van der Waals surface area contributed by atoms with Crippen LogP contribution in [0.5, 0.6) is 0 Å². The number of rotatable bonds is 8. The summed E-state index contributed by atoms with van der Waals surface area (Å²) in [7, 11) is 0. The molecular weight excluding hydrogens is 653 g/mol. The molecule has 2 heteroatoms. The average Bonchev–Trinajstić information content (AvgIpc) is 3.23. The number of benzene rings is 9. The Morgan fingerprint density at radius 2 is 0.481 bits per heavy atom. The third-order valence-electron chi connectivity index (χ3n) is 10.4. The van der Waals surface area contributed by atoms with Gasteiger partial charge in [0.2, 0.25) is 0 Å². The molecule has 0 aliphatic carbocycles. The summed E-state index contributed by atoms with van der Waals surface area (Å²) < 4.78 is 0. The van der Waals surface area contributed by atoms with E-state index in [1.54, 1.807) is 0 Å². The van der Waals surface area contributed by atoms with Crippen LogP contribution in [0.3, 0.4) is 0 Å². The number of hydrogen-bond donors (Lipinski definition) is 0. The number of hydrogen-bond acceptors (Lipinski definition) is 2. The summed E-state index contributed by atoms with van der Waals surface area (Å²) in [5.41, 5.74) is 14.2. The molecule has 9 aromatic rings. The number of anilines is 6. The van der Waals surface area contributed by atoms with Gasteiger partial charge in [0.1, 0.15) is 0 Å². The lowest BCUT2D eigenvalue weighted by Crippen LogP contribution is -2.09. The van der Waals surface area contributed by atoms with E-state index in [2.05, 4.69) is 230 Å². The van der Waals surface area contributed by atoms with Crippen molar-refractivity contribution in [3.8, 4) is 22.3 Å². The van der Waals surface area contributed by atoms with E-state index in [1.807, 2.05) is 0 Å². The Morgan fingerprint density at radius 3 is 0.778 bits per heavy atom. The lowest BCUT2D eigenvalue weighted by molar-refractivity contribution is 1.28. The van der Waals surface area contributed by atoms with Gasteiger partial charge in [-0.05, 0) is 130 Å². The number of nitrogens with zero attached hydrogens (tertiary/aromatic N) is 2. The molecule has 0 N–H and O–H groups in total. The molecule has 9 aromatic carbocycles. The number of para-hydroxylation sites is 2. The summed E-state index contributed by atoms with van der Waals surface area (Å²) in [6.07, 6.45) is 0. The first-order valence-corrected chi connectivity index (χ1v) is 18.6. The highest BCUT2D eigenvalue weighted by molar-refractivity contribution is 6.21. The largest absolute Gasteiger partial charge is 0.311 e. The summed E-state index contributed by atoms with van der Waals surface area (Å²) >= 11 is 0. The van der Waals surface area contributed by atoms with Crippen molar-refractivity contribution < 1.29 is 0 Å². The van der Waals surface area contributed by atoms with Gasteiger partial charge < -0.3 is 9.80 Å². The topological polar surface area (TPSA) is 6.48 Å². The quantitative estimate of drug-likeness (QED) is 0.146. The van der Waals surface area contributed by atoms with E-state index < -0.39 is 0 Å². The van der Waals surface area contributed by atoms with Crippen LogP contribution in [0.1, 0.15) is 11.1 Å². The SMILES string of the molecule is Cc1ccc(N(c2ccccc2)c2ccc(-c3c4ccccc4c(-c4ccc(N(c5ccccc5)c5ccc(C)cc5)cc4)c4ccccc34)cc2)cc1. The monoisotopic (exact) mass is 692 g/mol.